The third-order valence-corrected chi connectivity index (χ3v) is 6.08. The molecule has 0 saturated carbocycles. The van der Waals surface area contributed by atoms with Gasteiger partial charge in [0, 0.05) is 67.1 Å². The van der Waals surface area contributed by atoms with E-state index < -0.39 is 17.6 Å². The summed E-state index contributed by atoms with van der Waals surface area (Å²) in [5.74, 6) is -0.259. The molecule has 2 N–H and O–H groups in total. The van der Waals surface area contributed by atoms with Gasteiger partial charge in [-0.2, -0.15) is 13.2 Å². The van der Waals surface area contributed by atoms with Gasteiger partial charge < -0.3 is 20.1 Å². The molecule has 2 amide bonds. The number of aryl methyl sites for hydroxylation is 2. The second-order valence-corrected chi connectivity index (χ2v) is 9.87. The first-order chi connectivity index (χ1) is 20.9. The highest BCUT2D eigenvalue weighted by atomic mass is 19.4. The topological polar surface area (TPSA) is 118 Å². The number of hydrogen-bond donors (Lipinski definition) is 2. The second-order valence-electron chi connectivity index (χ2n) is 9.87. The summed E-state index contributed by atoms with van der Waals surface area (Å²) in [5.41, 5.74) is 3.09. The van der Waals surface area contributed by atoms with E-state index in [0.717, 1.165) is 29.7 Å². The van der Waals surface area contributed by atoms with E-state index in [1.54, 1.807) is 76.1 Å². The van der Waals surface area contributed by atoms with Crippen LogP contribution in [-0.4, -0.2) is 55.8 Å². The van der Waals surface area contributed by atoms with Crippen LogP contribution in [0.15, 0.2) is 85.7 Å². The van der Waals surface area contributed by atoms with Gasteiger partial charge in [0.1, 0.15) is 0 Å². The number of aromatic nitrogens is 5. The van der Waals surface area contributed by atoms with E-state index in [1.165, 1.54) is 21.9 Å². The molecule has 0 aliphatic carbocycles. The van der Waals surface area contributed by atoms with E-state index in [4.69, 9.17) is 0 Å². The van der Waals surface area contributed by atoms with Gasteiger partial charge in [0.05, 0.1) is 23.3 Å². The average molecular weight is 603 g/mol. The quantitative estimate of drug-likeness (QED) is 0.218. The molecule has 0 spiro atoms. The number of alkyl halides is 3. The molecular formula is C31H29F3N8O2. The second kappa shape index (κ2) is 13.6. The predicted molar refractivity (Wildman–Crippen MR) is 161 cm³/mol. The lowest BCUT2D eigenvalue weighted by Gasteiger charge is -2.14. The summed E-state index contributed by atoms with van der Waals surface area (Å²) in [6, 6.07) is 13.7. The lowest BCUT2D eigenvalue weighted by Crippen LogP contribution is -2.14. The molecule has 0 radical (unpaired) electrons. The zero-order valence-electron chi connectivity index (χ0n) is 24.3. The van der Waals surface area contributed by atoms with Crippen molar-refractivity contribution < 1.29 is 22.8 Å². The van der Waals surface area contributed by atoms with Gasteiger partial charge in [0.2, 0.25) is 12.4 Å². The van der Waals surface area contributed by atoms with E-state index in [-0.39, 0.29) is 16.9 Å². The van der Waals surface area contributed by atoms with Crippen molar-refractivity contribution in [2.75, 3.05) is 24.7 Å². The van der Waals surface area contributed by atoms with Crippen LogP contribution in [-0.2, 0) is 11.0 Å². The van der Waals surface area contributed by atoms with Gasteiger partial charge in [-0.05, 0) is 67.9 Å². The van der Waals surface area contributed by atoms with E-state index in [2.05, 4.69) is 30.6 Å². The van der Waals surface area contributed by atoms with Crippen LogP contribution in [0, 0.1) is 13.8 Å². The number of nitrogens with zero attached hydrogens (tertiary/aromatic N) is 6. The number of anilines is 3. The van der Waals surface area contributed by atoms with E-state index in [1.807, 2.05) is 13.0 Å². The molecule has 13 heteroatoms. The lowest BCUT2D eigenvalue weighted by molar-refractivity contribution is -0.137. The highest BCUT2D eigenvalue weighted by molar-refractivity contribution is 6.05. The van der Waals surface area contributed by atoms with Crippen molar-refractivity contribution in [3.05, 3.63) is 108 Å². The Morgan fingerprint density at radius 1 is 1.00 bits per heavy atom. The summed E-state index contributed by atoms with van der Waals surface area (Å²) in [6.45, 7) is 3.58. The van der Waals surface area contributed by atoms with Crippen LogP contribution >= 0.6 is 0 Å². The Hall–Kier alpha value is -5.59. The largest absolute Gasteiger partial charge is 0.416 e. The molecule has 0 bridgehead atoms. The Labute approximate surface area is 251 Å². The lowest BCUT2D eigenvalue weighted by atomic mass is 10.1. The first-order valence-electron chi connectivity index (χ1n) is 13.2. The number of pyridine rings is 1. The summed E-state index contributed by atoms with van der Waals surface area (Å²) in [4.78, 5) is 40.9. The number of nitrogens with one attached hydrogen (secondary N) is 2. The number of hydrogen-bond acceptors (Lipinski definition) is 7. The molecule has 0 atom stereocenters. The number of benzene rings is 2. The van der Waals surface area contributed by atoms with Crippen LogP contribution in [0.4, 0.5) is 30.5 Å². The molecule has 10 nitrogen and oxygen atoms in total. The van der Waals surface area contributed by atoms with Crippen molar-refractivity contribution in [1.29, 1.82) is 0 Å². The average Bonchev–Trinajstić information content (AvgIpc) is 3.45. The van der Waals surface area contributed by atoms with Crippen LogP contribution in [0.2, 0.25) is 0 Å². The number of rotatable bonds is 7. The van der Waals surface area contributed by atoms with Crippen molar-refractivity contribution in [2.45, 2.75) is 20.0 Å². The minimum Gasteiger partial charge on any atom is -0.351 e. The maximum Gasteiger partial charge on any atom is 0.416 e. The molecule has 0 saturated heterocycles. The van der Waals surface area contributed by atoms with E-state index >= 15 is 0 Å². The molecule has 0 aliphatic heterocycles. The Morgan fingerprint density at radius 3 is 2.41 bits per heavy atom. The summed E-state index contributed by atoms with van der Waals surface area (Å²) < 4.78 is 42.3. The van der Waals surface area contributed by atoms with Crippen LogP contribution in [0.5, 0.6) is 0 Å². The van der Waals surface area contributed by atoms with Crippen molar-refractivity contribution >= 4 is 29.6 Å². The molecule has 0 aliphatic rings. The highest BCUT2D eigenvalue weighted by Gasteiger charge is 2.31. The standard InChI is InChI=1S/C28H22F3N7O.C3H7NO/c1-17-5-6-19(10-25(17)37-27-33-9-7-24(36-27)20-4-3-8-32-14-20)26(39)35-22-11-21(28(29,30)31)12-23(13-22)38-15-18(2)34-16-38;1-4(2)3-5/h3-16H,1-2H3,(H,35,39)(H,33,36,37);3H,1-2H3. The van der Waals surface area contributed by atoms with Gasteiger partial charge in [0.15, 0.2) is 0 Å². The smallest absolute Gasteiger partial charge is 0.351 e. The Kier molecular flexibility index (Phi) is 9.68. The van der Waals surface area contributed by atoms with Crippen molar-refractivity contribution in [2.24, 2.45) is 0 Å². The molecule has 5 aromatic rings. The Bertz CT molecular complexity index is 1750. The summed E-state index contributed by atoms with van der Waals surface area (Å²) in [5, 5.41) is 5.71. The van der Waals surface area contributed by atoms with Crippen molar-refractivity contribution in [1.82, 2.24) is 29.4 Å². The fraction of sp³-hybridized carbons (Fsp3) is 0.161. The monoisotopic (exact) mass is 602 g/mol. The number of carbonyl (C=O) groups is 2. The highest BCUT2D eigenvalue weighted by Crippen LogP contribution is 2.33. The summed E-state index contributed by atoms with van der Waals surface area (Å²) in [6.07, 6.45) is 4.13. The summed E-state index contributed by atoms with van der Waals surface area (Å²) in [7, 11) is 3.38. The molecule has 0 fully saturated rings. The number of halogens is 3. The maximum atomic E-state index is 13.6. The molecule has 226 valence electrons. The Balaban J connectivity index is 0.000000818. The molecule has 2 aromatic carbocycles. The number of amides is 2. The van der Waals surface area contributed by atoms with E-state index in [0.29, 0.717) is 23.0 Å². The minimum absolute atomic E-state index is 0.00114. The SMILES string of the molecule is CN(C)C=O.Cc1cn(-c2cc(NC(=O)c3ccc(C)c(Nc4nccc(-c5cccnc5)n4)c3)cc(C(F)(F)F)c2)cn1. The number of carbonyl (C=O) groups excluding carboxylic acids is 2. The fourth-order valence-corrected chi connectivity index (χ4v) is 3.87. The minimum atomic E-state index is -4.60. The zero-order chi connectivity index (χ0) is 31.9. The van der Waals surface area contributed by atoms with Crippen molar-refractivity contribution in [3.63, 3.8) is 0 Å². The molecule has 44 heavy (non-hydrogen) atoms. The van der Waals surface area contributed by atoms with Crippen LogP contribution < -0.4 is 10.6 Å². The first kappa shape index (κ1) is 31.3. The number of imidazole rings is 1. The van der Waals surface area contributed by atoms with Crippen LogP contribution in [0.3, 0.4) is 0 Å². The molecule has 3 aromatic heterocycles. The van der Waals surface area contributed by atoms with Gasteiger partial charge in [-0.25, -0.2) is 15.0 Å². The van der Waals surface area contributed by atoms with Gasteiger partial charge in [-0.1, -0.05) is 6.07 Å². The van der Waals surface area contributed by atoms with Crippen LogP contribution in [0.1, 0.15) is 27.2 Å². The first-order valence-corrected chi connectivity index (χ1v) is 13.2. The van der Waals surface area contributed by atoms with Gasteiger partial charge in [-0.15, -0.1) is 0 Å². The molecular weight excluding hydrogens is 573 g/mol. The third kappa shape index (κ3) is 8.25. The fourth-order valence-electron chi connectivity index (χ4n) is 3.87. The van der Waals surface area contributed by atoms with Gasteiger partial charge in [0.25, 0.3) is 5.91 Å². The Morgan fingerprint density at radius 2 is 1.77 bits per heavy atom. The van der Waals surface area contributed by atoms with E-state index in [9.17, 15) is 22.8 Å². The van der Waals surface area contributed by atoms with Crippen molar-refractivity contribution in [3.8, 4) is 16.9 Å². The summed E-state index contributed by atoms with van der Waals surface area (Å²) >= 11 is 0. The van der Waals surface area contributed by atoms with Gasteiger partial charge >= 0.3 is 6.18 Å². The predicted octanol–water partition coefficient (Wildman–Crippen LogP) is 6.06. The zero-order valence-corrected chi connectivity index (χ0v) is 24.3. The van der Waals surface area contributed by atoms with Gasteiger partial charge in [-0.3, -0.25) is 14.6 Å². The van der Waals surface area contributed by atoms with Crippen LogP contribution in [0.25, 0.3) is 16.9 Å². The third-order valence-electron chi connectivity index (χ3n) is 6.08. The molecule has 3 heterocycles. The molecule has 0 unspecified atom stereocenters. The maximum absolute atomic E-state index is 13.6. The molecule has 5 rings (SSSR count). The normalized spacial score (nSPS) is 10.8.